The summed E-state index contributed by atoms with van der Waals surface area (Å²) in [6.07, 6.45) is 0.406. The summed E-state index contributed by atoms with van der Waals surface area (Å²) in [4.78, 5) is 27.3. The number of methoxy groups -OCH3 is 3. The van der Waals surface area contributed by atoms with E-state index < -0.39 is 23.0 Å². The molecule has 0 aliphatic carbocycles. The zero-order valence-electron chi connectivity index (χ0n) is 16.7. The molecule has 0 bridgehead atoms. The molecule has 9 nitrogen and oxygen atoms in total. The third kappa shape index (κ3) is 3.03. The fourth-order valence-corrected chi connectivity index (χ4v) is 4.12. The number of nitro groups is 1. The van der Waals surface area contributed by atoms with Gasteiger partial charge < -0.3 is 19.2 Å². The maximum atomic E-state index is 12.4. The van der Waals surface area contributed by atoms with Gasteiger partial charge in [-0.1, -0.05) is 18.2 Å². The Labute approximate surface area is 172 Å². The lowest BCUT2D eigenvalue weighted by molar-refractivity contribution is -0.386. The molecule has 2 heterocycles. The van der Waals surface area contributed by atoms with Gasteiger partial charge in [0.25, 0.3) is 0 Å². The molecule has 0 fully saturated rings. The number of nitrogens with one attached hydrogen (secondary N) is 2. The molecule has 0 amide bonds. The van der Waals surface area contributed by atoms with Gasteiger partial charge in [0, 0.05) is 23.0 Å². The summed E-state index contributed by atoms with van der Waals surface area (Å²) in [7, 11) is 4.10. The van der Waals surface area contributed by atoms with Gasteiger partial charge in [-0.3, -0.25) is 20.2 Å². The summed E-state index contributed by atoms with van der Waals surface area (Å²) in [6.45, 7) is 0. The van der Waals surface area contributed by atoms with Crippen LogP contribution in [0.3, 0.4) is 0 Å². The maximum Gasteiger partial charge on any atom is 0.323 e. The van der Waals surface area contributed by atoms with Crippen molar-refractivity contribution in [2.24, 2.45) is 0 Å². The summed E-state index contributed by atoms with van der Waals surface area (Å²) in [6, 6.07) is 9.65. The van der Waals surface area contributed by atoms with Crippen molar-refractivity contribution in [2.75, 3.05) is 21.3 Å². The van der Waals surface area contributed by atoms with E-state index in [4.69, 9.17) is 14.2 Å². The molecule has 2 aromatic carbocycles. The number of ether oxygens (including phenoxy) is 3. The number of aromatic nitrogens is 1. The molecule has 4 rings (SSSR count). The number of nitro benzene ring substituents is 1. The Kier molecular flexibility index (Phi) is 5.04. The Morgan fingerprint density at radius 1 is 1.13 bits per heavy atom. The number of benzene rings is 2. The van der Waals surface area contributed by atoms with Crippen LogP contribution in [0.4, 0.5) is 5.69 Å². The molecule has 1 aliphatic rings. The molecule has 2 atom stereocenters. The number of rotatable bonds is 5. The van der Waals surface area contributed by atoms with Crippen molar-refractivity contribution in [3.63, 3.8) is 0 Å². The van der Waals surface area contributed by atoms with Gasteiger partial charge in [0.15, 0.2) is 5.75 Å². The topological polar surface area (TPSA) is 116 Å². The molecular formula is C21H21N3O6. The maximum absolute atomic E-state index is 12.4. The quantitative estimate of drug-likeness (QED) is 0.377. The molecule has 0 saturated heterocycles. The van der Waals surface area contributed by atoms with Crippen molar-refractivity contribution in [1.82, 2.24) is 10.3 Å². The fourth-order valence-electron chi connectivity index (χ4n) is 4.12. The van der Waals surface area contributed by atoms with Gasteiger partial charge in [-0.2, -0.15) is 0 Å². The minimum Gasteiger partial charge on any atom is -0.493 e. The van der Waals surface area contributed by atoms with Gasteiger partial charge in [0.2, 0.25) is 5.75 Å². The molecule has 156 valence electrons. The minimum atomic E-state index is -0.653. The zero-order chi connectivity index (χ0) is 21.4. The number of para-hydroxylation sites is 1. The van der Waals surface area contributed by atoms with E-state index in [0.717, 1.165) is 22.2 Å². The number of H-pyrrole nitrogens is 1. The first-order valence-corrected chi connectivity index (χ1v) is 9.32. The molecule has 3 aromatic rings. The van der Waals surface area contributed by atoms with Crippen molar-refractivity contribution >= 4 is 22.6 Å². The molecule has 0 spiro atoms. The van der Waals surface area contributed by atoms with E-state index in [0.29, 0.717) is 12.0 Å². The van der Waals surface area contributed by atoms with Crippen LogP contribution in [0.15, 0.2) is 36.4 Å². The number of fused-ring (bicyclic) bond motifs is 3. The number of nitrogens with zero attached hydrogens (tertiary/aromatic N) is 1. The average Bonchev–Trinajstić information content (AvgIpc) is 3.15. The van der Waals surface area contributed by atoms with Crippen LogP contribution in [0, 0.1) is 10.1 Å². The van der Waals surface area contributed by atoms with E-state index in [1.807, 2.05) is 24.3 Å². The van der Waals surface area contributed by atoms with Gasteiger partial charge >= 0.3 is 11.7 Å². The molecule has 1 aromatic heterocycles. The predicted octanol–water partition coefficient (Wildman–Crippen LogP) is 2.87. The lowest BCUT2D eigenvalue weighted by atomic mass is 9.89. The Hall–Kier alpha value is -3.59. The zero-order valence-corrected chi connectivity index (χ0v) is 16.7. The van der Waals surface area contributed by atoms with Gasteiger partial charge in [-0.15, -0.1) is 0 Å². The van der Waals surface area contributed by atoms with Crippen LogP contribution in [0.25, 0.3) is 10.9 Å². The number of carbonyl (C=O) groups is 1. The number of carbonyl (C=O) groups excluding carboxylic acids is 1. The lowest BCUT2D eigenvalue weighted by Gasteiger charge is -2.30. The Morgan fingerprint density at radius 3 is 2.57 bits per heavy atom. The highest BCUT2D eigenvalue weighted by molar-refractivity contribution is 5.87. The van der Waals surface area contributed by atoms with Gasteiger partial charge in [-0.05, 0) is 23.8 Å². The summed E-state index contributed by atoms with van der Waals surface area (Å²) >= 11 is 0. The molecule has 0 saturated carbocycles. The molecular weight excluding hydrogens is 390 g/mol. The van der Waals surface area contributed by atoms with Crippen molar-refractivity contribution in [1.29, 1.82) is 0 Å². The van der Waals surface area contributed by atoms with E-state index in [1.54, 1.807) is 12.1 Å². The smallest absolute Gasteiger partial charge is 0.323 e. The highest BCUT2D eigenvalue weighted by atomic mass is 16.6. The van der Waals surface area contributed by atoms with Crippen LogP contribution in [0.2, 0.25) is 0 Å². The van der Waals surface area contributed by atoms with Crippen LogP contribution < -0.4 is 14.8 Å². The highest BCUT2D eigenvalue weighted by Crippen LogP contribution is 2.45. The van der Waals surface area contributed by atoms with Crippen LogP contribution in [-0.4, -0.2) is 43.2 Å². The number of hydrogen-bond donors (Lipinski definition) is 2. The number of hydrogen-bond acceptors (Lipinski definition) is 7. The summed E-state index contributed by atoms with van der Waals surface area (Å²) in [5, 5.41) is 16.2. The monoisotopic (exact) mass is 411 g/mol. The summed E-state index contributed by atoms with van der Waals surface area (Å²) in [5.74, 6) is -0.149. The molecule has 1 aliphatic heterocycles. The molecule has 30 heavy (non-hydrogen) atoms. The van der Waals surface area contributed by atoms with E-state index in [9.17, 15) is 14.9 Å². The van der Waals surface area contributed by atoms with E-state index in [-0.39, 0.29) is 17.2 Å². The first-order chi connectivity index (χ1) is 14.5. The van der Waals surface area contributed by atoms with Crippen molar-refractivity contribution < 1.29 is 23.9 Å². The Morgan fingerprint density at radius 2 is 1.90 bits per heavy atom. The fraction of sp³-hybridized carbons (Fsp3) is 0.286. The third-order valence-corrected chi connectivity index (χ3v) is 5.44. The summed E-state index contributed by atoms with van der Waals surface area (Å²) in [5.41, 5.74) is 2.73. The lowest BCUT2D eigenvalue weighted by Crippen LogP contribution is -2.45. The average molecular weight is 411 g/mol. The largest absolute Gasteiger partial charge is 0.493 e. The van der Waals surface area contributed by atoms with Crippen LogP contribution >= 0.6 is 0 Å². The highest BCUT2D eigenvalue weighted by Gasteiger charge is 2.39. The normalized spacial score (nSPS) is 18.0. The third-order valence-electron chi connectivity index (χ3n) is 5.44. The van der Waals surface area contributed by atoms with Crippen molar-refractivity contribution in [2.45, 2.75) is 18.5 Å². The van der Waals surface area contributed by atoms with Crippen LogP contribution in [0.1, 0.15) is 22.9 Å². The predicted molar refractivity (Wildman–Crippen MR) is 109 cm³/mol. The van der Waals surface area contributed by atoms with E-state index >= 15 is 0 Å². The first-order valence-electron chi connectivity index (χ1n) is 9.32. The Bertz CT molecular complexity index is 1140. The van der Waals surface area contributed by atoms with E-state index in [2.05, 4.69) is 10.3 Å². The van der Waals surface area contributed by atoms with Gasteiger partial charge in [-0.25, -0.2) is 0 Å². The minimum absolute atomic E-state index is 0.0275. The van der Waals surface area contributed by atoms with Crippen molar-refractivity contribution in [3.8, 4) is 11.5 Å². The molecule has 0 unspecified atom stereocenters. The second-order valence-electron chi connectivity index (χ2n) is 6.94. The van der Waals surface area contributed by atoms with Crippen molar-refractivity contribution in [3.05, 3.63) is 63.3 Å². The number of esters is 1. The second kappa shape index (κ2) is 7.68. The standard InChI is InChI=1S/C21H21N3O6/c1-28-16-9-8-12(19(24(26)27)20(16)29-2)17-18-13(10-15(23-17)21(25)30-3)11-6-4-5-7-14(11)22-18/h4-9,15,17,22-23H,10H2,1-3H3/t15-,17-/m1/s1. The van der Waals surface area contributed by atoms with Crippen LogP contribution in [0.5, 0.6) is 11.5 Å². The number of aromatic amines is 1. The second-order valence-corrected chi connectivity index (χ2v) is 6.94. The molecule has 9 heteroatoms. The molecule has 2 N–H and O–H groups in total. The first kappa shape index (κ1) is 19.7. The van der Waals surface area contributed by atoms with Crippen LogP contribution in [-0.2, 0) is 16.0 Å². The summed E-state index contributed by atoms with van der Waals surface area (Å²) < 4.78 is 15.5. The SMILES string of the molecule is COC(=O)[C@H]1Cc2c([nH]c3ccccc23)[C@@H](c2ccc(OC)c(OC)c2[N+](=O)[O-])N1. The Balaban J connectivity index is 1.96. The van der Waals surface area contributed by atoms with E-state index in [1.165, 1.54) is 21.3 Å². The molecule has 0 radical (unpaired) electrons. The van der Waals surface area contributed by atoms with Gasteiger partial charge in [0.1, 0.15) is 6.04 Å². The van der Waals surface area contributed by atoms with Gasteiger partial charge in [0.05, 0.1) is 37.9 Å².